The number of aromatic nitrogens is 2. The molecule has 0 amide bonds. The van der Waals surface area contributed by atoms with Crippen molar-refractivity contribution in [2.75, 3.05) is 6.54 Å². The summed E-state index contributed by atoms with van der Waals surface area (Å²) in [6.45, 7) is 2.85. The van der Waals surface area contributed by atoms with Gasteiger partial charge in [-0.1, -0.05) is 30.1 Å². The van der Waals surface area contributed by atoms with Crippen LogP contribution in [0.2, 0.25) is 10.0 Å². The van der Waals surface area contributed by atoms with Crippen molar-refractivity contribution in [2.45, 2.75) is 13.0 Å². The summed E-state index contributed by atoms with van der Waals surface area (Å²) in [5.41, 5.74) is 1.83. The molecule has 0 saturated heterocycles. The van der Waals surface area contributed by atoms with E-state index < -0.39 is 0 Å². The highest BCUT2D eigenvalue weighted by molar-refractivity contribution is 6.34. The molecule has 1 unspecified atom stereocenters. The number of nitrogens with one attached hydrogen (secondary N) is 1. The third kappa shape index (κ3) is 3.19. The molecule has 0 fully saturated rings. The molecule has 1 aromatic heterocycles. The summed E-state index contributed by atoms with van der Waals surface area (Å²) in [6, 6.07) is 5.43. The van der Waals surface area contributed by atoms with Gasteiger partial charge < -0.3 is 5.32 Å². The standard InChI is InChI=1S/C13H13Cl2N3/c1-2-17-13(12-8-16-3-4-18-12)9-5-10(14)7-11(15)6-9/h3-8,13,17H,2H2,1H3. The average Bonchev–Trinajstić information content (AvgIpc) is 2.36. The van der Waals surface area contributed by atoms with Crippen LogP contribution < -0.4 is 5.32 Å². The molecule has 1 atom stereocenters. The smallest absolute Gasteiger partial charge is 0.0801 e. The number of benzene rings is 1. The Morgan fingerprint density at radius 1 is 1.17 bits per heavy atom. The minimum atomic E-state index is -0.0556. The second-order valence-corrected chi connectivity index (χ2v) is 4.70. The van der Waals surface area contributed by atoms with Gasteiger partial charge in [-0.25, -0.2) is 0 Å². The molecule has 0 radical (unpaired) electrons. The zero-order valence-corrected chi connectivity index (χ0v) is 11.4. The van der Waals surface area contributed by atoms with E-state index >= 15 is 0 Å². The van der Waals surface area contributed by atoms with E-state index in [4.69, 9.17) is 23.2 Å². The first-order valence-corrected chi connectivity index (χ1v) is 6.41. The predicted octanol–water partition coefficient (Wildman–Crippen LogP) is 3.48. The van der Waals surface area contributed by atoms with Gasteiger partial charge in [-0.05, 0) is 30.3 Å². The Labute approximate surface area is 116 Å². The normalized spacial score (nSPS) is 12.4. The van der Waals surface area contributed by atoms with Crippen molar-refractivity contribution in [1.82, 2.24) is 15.3 Å². The molecule has 0 aliphatic rings. The third-order valence-electron chi connectivity index (χ3n) is 2.51. The number of rotatable bonds is 4. The Morgan fingerprint density at radius 2 is 1.89 bits per heavy atom. The largest absolute Gasteiger partial charge is 0.305 e. The Kier molecular flexibility index (Phi) is 4.53. The molecule has 1 aromatic carbocycles. The zero-order valence-electron chi connectivity index (χ0n) is 9.90. The molecule has 1 heterocycles. The van der Waals surface area contributed by atoms with Crippen molar-refractivity contribution >= 4 is 23.2 Å². The lowest BCUT2D eigenvalue weighted by Gasteiger charge is -2.18. The van der Waals surface area contributed by atoms with Gasteiger partial charge in [0.15, 0.2) is 0 Å². The van der Waals surface area contributed by atoms with Crippen LogP contribution in [-0.4, -0.2) is 16.5 Å². The molecule has 1 N–H and O–H groups in total. The van der Waals surface area contributed by atoms with Crippen LogP contribution in [0.15, 0.2) is 36.8 Å². The van der Waals surface area contributed by atoms with E-state index in [0.29, 0.717) is 10.0 Å². The summed E-state index contributed by atoms with van der Waals surface area (Å²) < 4.78 is 0. The summed E-state index contributed by atoms with van der Waals surface area (Å²) in [5, 5.41) is 4.58. The van der Waals surface area contributed by atoms with E-state index in [-0.39, 0.29) is 6.04 Å². The summed E-state index contributed by atoms with van der Waals surface area (Å²) in [5.74, 6) is 0. The summed E-state index contributed by atoms with van der Waals surface area (Å²) >= 11 is 12.1. The maximum atomic E-state index is 6.03. The van der Waals surface area contributed by atoms with E-state index in [1.54, 1.807) is 24.7 Å². The molecule has 0 saturated carbocycles. The van der Waals surface area contributed by atoms with Gasteiger partial charge in [-0.2, -0.15) is 0 Å². The monoisotopic (exact) mass is 281 g/mol. The quantitative estimate of drug-likeness (QED) is 0.932. The molecule has 2 aromatic rings. The molecular formula is C13H13Cl2N3. The minimum Gasteiger partial charge on any atom is -0.305 e. The second-order valence-electron chi connectivity index (χ2n) is 3.82. The fraction of sp³-hybridized carbons (Fsp3) is 0.231. The summed E-state index contributed by atoms with van der Waals surface area (Å²) in [4.78, 5) is 8.41. The van der Waals surface area contributed by atoms with E-state index in [1.165, 1.54) is 0 Å². The Hall–Kier alpha value is -1.16. The SMILES string of the molecule is CCNC(c1cc(Cl)cc(Cl)c1)c1cnccn1. The van der Waals surface area contributed by atoms with Gasteiger partial charge in [-0.15, -0.1) is 0 Å². The maximum Gasteiger partial charge on any atom is 0.0801 e. The maximum absolute atomic E-state index is 6.03. The van der Waals surface area contributed by atoms with Crippen LogP contribution in [0.4, 0.5) is 0 Å². The zero-order chi connectivity index (χ0) is 13.0. The molecule has 0 spiro atoms. The first-order valence-electron chi connectivity index (χ1n) is 5.66. The van der Waals surface area contributed by atoms with E-state index in [1.807, 2.05) is 19.1 Å². The number of nitrogens with zero attached hydrogens (tertiary/aromatic N) is 2. The number of hydrogen-bond acceptors (Lipinski definition) is 3. The summed E-state index contributed by atoms with van der Waals surface area (Å²) in [6.07, 6.45) is 5.06. The highest BCUT2D eigenvalue weighted by atomic mass is 35.5. The van der Waals surface area contributed by atoms with Gasteiger partial charge in [-0.3, -0.25) is 9.97 Å². The lowest BCUT2D eigenvalue weighted by atomic mass is 10.0. The highest BCUT2D eigenvalue weighted by Crippen LogP contribution is 2.26. The Morgan fingerprint density at radius 3 is 2.44 bits per heavy atom. The number of hydrogen-bond donors (Lipinski definition) is 1. The fourth-order valence-corrected chi connectivity index (χ4v) is 2.34. The van der Waals surface area contributed by atoms with Crippen LogP contribution in [0.5, 0.6) is 0 Å². The molecule has 5 heteroatoms. The highest BCUT2D eigenvalue weighted by Gasteiger charge is 2.15. The van der Waals surface area contributed by atoms with E-state index in [2.05, 4.69) is 15.3 Å². The van der Waals surface area contributed by atoms with E-state index in [0.717, 1.165) is 17.8 Å². The molecule has 0 bridgehead atoms. The topological polar surface area (TPSA) is 37.8 Å². The number of halogens is 2. The average molecular weight is 282 g/mol. The lowest BCUT2D eigenvalue weighted by Crippen LogP contribution is -2.23. The van der Waals surface area contributed by atoms with Crippen LogP contribution in [0, 0.1) is 0 Å². The lowest BCUT2D eigenvalue weighted by molar-refractivity contribution is 0.613. The Balaban J connectivity index is 2.41. The molecule has 18 heavy (non-hydrogen) atoms. The van der Waals surface area contributed by atoms with E-state index in [9.17, 15) is 0 Å². The van der Waals surface area contributed by atoms with Gasteiger partial charge in [0, 0.05) is 22.4 Å². The predicted molar refractivity (Wildman–Crippen MR) is 74.0 cm³/mol. The van der Waals surface area contributed by atoms with Gasteiger partial charge in [0.05, 0.1) is 17.9 Å². The fourth-order valence-electron chi connectivity index (χ4n) is 1.80. The molecule has 3 nitrogen and oxygen atoms in total. The van der Waals surface area contributed by atoms with Crippen molar-refractivity contribution in [2.24, 2.45) is 0 Å². The first-order chi connectivity index (χ1) is 8.70. The minimum absolute atomic E-state index is 0.0556. The molecule has 0 aliphatic carbocycles. The molecule has 94 valence electrons. The molecule has 0 aliphatic heterocycles. The molecule has 2 rings (SSSR count). The van der Waals surface area contributed by atoms with Gasteiger partial charge >= 0.3 is 0 Å². The van der Waals surface area contributed by atoms with Crippen molar-refractivity contribution in [3.8, 4) is 0 Å². The van der Waals surface area contributed by atoms with Crippen molar-refractivity contribution < 1.29 is 0 Å². The third-order valence-corrected chi connectivity index (χ3v) is 2.94. The summed E-state index contributed by atoms with van der Waals surface area (Å²) in [7, 11) is 0. The van der Waals surface area contributed by atoms with Gasteiger partial charge in [0.25, 0.3) is 0 Å². The Bertz CT molecular complexity index is 497. The van der Waals surface area contributed by atoms with Crippen LogP contribution >= 0.6 is 23.2 Å². The van der Waals surface area contributed by atoms with Crippen molar-refractivity contribution in [3.05, 3.63) is 58.1 Å². The van der Waals surface area contributed by atoms with Crippen LogP contribution in [0.25, 0.3) is 0 Å². The molecular weight excluding hydrogens is 269 g/mol. The van der Waals surface area contributed by atoms with Crippen molar-refractivity contribution in [3.63, 3.8) is 0 Å². The van der Waals surface area contributed by atoms with Gasteiger partial charge in [0.1, 0.15) is 0 Å². The van der Waals surface area contributed by atoms with Crippen LogP contribution in [0.1, 0.15) is 24.2 Å². The van der Waals surface area contributed by atoms with Crippen LogP contribution in [-0.2, 0) is 0 Å². The second kappa shape index (κ2) is 6.14. The first kappa shape index (κ1) is 13.3. The van der Waals surface area contributed by atoms with Crippen LogP contribution in [0.3, 0.4) is 0 Å². The van der Waals surface area contributed by atoms with Crippen molar-refractivity contribution in [1.29, 1.82) is 0 Å². The van der Waals surface area contributed by atoms with Gasteiger partial charge in [0.2, 0.25) is 0 Å².